The molecule has 6 nitrogen and oxygen atoms in total. The SMILES string of the molecule is COc1ccc(CN(C(=O)CSc2nncn2-c2ccc(C)c(Cl)c2)C2CC2)cc1. The summed E-state index contributed by atoms with van der Waals surface area (Å²) in [7, 11) is 1.65. The normalized spacial score (nSPS) is 13.3. The number of amides is 1. The Morgan fingerprint density at radius 3 is 2.70 bits per heavy atom. The van der Waals surface area contributed by atoms with Gasteiger partial charge in [-0.1, -0.05) is 41.6 Å². The number of thioether (sulfide) groups is 1. The lowest BCUT2D eigenvalue weighted by molar-refractivity contribution is -0.129. The van der Waals surface area contributed by atoms with Gasteiger partial charge < -0.3 is 9.64 Å². The molecule has 4 rings (SSSR count). The van der Waals surface area contributed by atoms with E-state index in [0.29, 0.717) is 28.5 Å². The van der Waals surface area contributed by atoms with Gasteiger partial charge in [0.05, 0.1) is 18.6 Å². The molecule has 1 fully saturated rings. The first-order valence-corrected chi connectivity index (χ1v) is 11.1. The number of aromatic nitrogens is 3. The Kier molecular flexibility index (Phi) is 6.29. The molecule has 1 saturated carbocycles. The summed E-state index contributed by atoms with van der Waals surface area (Å²) in [5, 5.41) is 9.56. The van der Waals surface area contributed by atoms with E-state index >= 15 is 0 Å². The van der Waals surface area contributed by atoms with Gasteiger partial charge in [-0.15, -0.1) is 10.2 Å². The highest BCUT2D eigenvalue weighted by Gasteiger charge is 2.32. The molecule has 0 saturated heterocycles. The average molecular weight is 443 g/mol. The summed E-state index contributed by atoms with van der Waals surface area (Å²) in [6.45, 7) is 2.57. The maximum atomic E-state index is 13.0. The van der Waals surface area contributed by atoms with Gasteiger partial charge in [-0.3, -0.25) is 9.36 Å². The zero-order valence-corrected chi connectivity index (χ0v) is 18.5. The monoisotopic (exact) mass is 442 g/mol. The molecule has 1 amide bonds. The third-order valence-electron chi connectivity index (χ3n) is 5.09. The summed E-state index contributed by atoms with van der Waals surface area (Å²) in [6, 6.07) is 14.0. The van der Waals surface area contributed by atoms with E-state index in [2.05, 4.69) is 10.2 Å². The van der Waals surface area contributed by atoms with Crippen molar-refractivity contribution in [3.8, 4) is 11.4 Å². The van der Waals surface area contributed by atoms with Crippen molar-refractivity contribution in [1.29, 1.82) is 0 Å². The molecule has 30 heavy (non-hydrogen) atoms. The number of rotatable bonds is 8. The molecular weight excluding hydrogens is 420 g/mol. The molecule has 0 aliphatic heterocycles. The van der Waals surface area contributed by atoms with Crippen LogP contribution in [-0.4, -0.2) is 44.5 Å². The first-order valence-electron chi connectivity index (χ1n) is 9.77. The molecule has 1 heterocycles. The third kappa shape index (κ3) is 4.79. The van der Waals surface area contributed by atoms with Gasteiger partial charge in [0.2, 0.25) is 5.91 Å². The Balaban J connectivity index is 1.43. The molecule has 0 spiro atoms. The zero-order valence-electron chi connectivity index (χ0n) is 16.9. The lowest BCUT2D eigenvalue weighted by Gasteiger charge is -2.22. The predicted molar refractivity (Wildman–Crippen MR) is 118 cm³/mol. The van der Waals surface area contributed by atoms with Crippen molar-refractivity contribution in [2.24, 2.45) is 0 Å². The van der Waals surface area contributed by atoms with Crippen molar-refractivity contribution in [2.45, 2.75) is 37.5 Å². The van der Waals surface area contributed by atoms with Crippen LogP contribution in [0, 0.1) is 6.92 Å². The molecular formula is C22H23ClN4O2S. The fraction of sp³-hybridized carbons (Fsp3) is 0.318. The van der Waals surface area contributed by atoms with Crippen molar-refractivity contribution in [2.75, 3.05) is 12.9 Å². The lowest BCUT2D eigenvalue weighted by Crippen LogP contribution is -2.34. The van der Waals surface area contributed by atoms with E-state index in [1.165, 1.54) is 11.8 Å². The molecule has 0 N–H and O–H groups in total. The summed E-state index contributed by atoms with van der Waals surface area (Å²) >= 11 is 7.65. The maximum Gasteiger partial charge on any atom is 0.233 e. The molecule has 156 valence electrons. The molecule has 1 aliphatic rings. The van der Waals surface area contributed by atoms with Crippen LogP contribution in [0.1, 0.15) is 24.0 Å². The van der Waals surface area contributed by atoms with E-state index in [9.17, 15) is 4.79 Å². The highest BCUT2D eigenvalue weighted by atomic mass is 35.5. The number of aryl methyl sites for hydroxylation is 1. The maximum absolute atomic E-state index is 13.0. The largest absolute Gasteiger partial charge is 0.497 e. The fourth-order valence-corrected chi connectivity index (χ4v) is 4.17. The van der Waals surface area contributed by atoms with Crippen LogP contribution in [0.3, 0.4) is 0 Å². The number of halogens is 1. The van der Waals surface area contributed by atoms with Crippen molar-refractivity contribution in [1.82, 2.24) is 19.7 Å². The second-order valence-electron chi connectivity index (χ2n) is 7.31. The van der Waals surface area contributed by atoms with Gasteiger partial charge in [0, 0.05) is 17.6 Å². The topological polar surface area (TPSA) is 60.2 Å². The van der Waals surface area contributed by atoms with E-state index in [0.717, 1.165) is 35.4 Å². The third-order valence-corrected chi connectivity index (χ3v) is 6.43. The number of carbonyl (C=O) groups is 1. The van der Waals surface area contributed by atoms with Crippen molar-refractivity contribution in [3.63, 3.8) is 0 Å². The number of nitrogens with zero attached hydrogens (tertiary/aromatic N) is 4. The Morgan fingerprint density at radius 2 is 2.03 bits per heavy atom. The average Bonchev–Trinajstić information content (AvgIpc) is 3.49. The Morgan fingerprint density at radius 1 is 1.27 bits per heavy atom. The minimum absolute atomic E-state index is 0.106. The zero-order chi connectivity index (χ0) is 21.1. The second-order valence-corrected chi connectivity index (χ2v) is 8.66. The van der Waals surface area contributed by atoms with E-state index in [1.54, 1.807) is 13.4 Å². The number of benzene rings is 2. The minimum atomic E-state index is 0.106. The molecule has 3 aromatic rings. The summed E-state index contributed by atoms with van der Waals surface area (Å²) in [4.78, 5) is 15.0. The molecule has 0 unspecified atom stereocenters. The van der Waals surface area contributed by atoms with Gasteiger partial charge >= 0.3 is 0 Å². The Bertz CT molecular complexity index is 1030. The van der Waals surface area contributed by atoms with Crippen LogP contribution in [0.5, 0.6) is 5.75 Å². The van der Waals surface area contributed by atoms with E-state index in [4.69, 9.17) is 16.3 Å². The molecule has 0 bridgehead atoms. The number of carbonyl (C=O) groups excluding carboxylic acids is 1. The van der Waals surface area contributed by atoms with E-state index in [-0.39, 0.29) is 5.91 Å². The van der Waals surface area contributed by atoms with Gasteiger partial charge in [0.1, 0.15) is 12.1 Å². The summed E-state index contributed by atoms with van der Waals surface area (Å²) in [6.07, 6.45) is 3.76. The first-order chi connectivity index (χ1) is 14.5. The van der Waals surface area contributed by atoms with Crippen LogP contribution in [0.2, 0.25) is 5.02 Å². The molecule has 1 aromatic heterocycles. The van der Waals surface area contributed by atoms with E-state index in [1.807, 2.05) is 58.9 Å². The van der Waals surface area contributed by atoms with Crippen LogP contribution in [0.15, 0.2) is 53.9 Å². The predicted octanol–water partition coefficient (Wildman–Crippen LogP) is 4.52. The molecule has 2 aromatic carbocycles. The number of ether oxygens (including phenoxy) is 1. The standard InChI is InChI=1S/C22H23ClN4O2S/c1-15-3-6-18(11-20(15)23)27-14-24-25-22(27)30-13-21(28)26(17-7-8-17)12-16-4-9-19(29-2)10-5-16/h3-6,9-11,14,17H,7-8,12-13H2,1-2H3. The summed E-state index contributed by atoms with van der Waals surface area (Å²) < 4.78 is 7.07. The van der Waals surface area contributed by atoms with Crippen molar-refractivity contribution < 1.29 is 9.53 Å². The summed E-state index contributed by atoms with van der Waals surface area (Å²) in [5.74, 6) is 1.23. The van der Waals surface area contributed by atoms with Crippen LogP contribution >= 0.6 is 23.4 Å². The van der Waals surface area contributed by atoms with Crippen LogP contribution < -0.4 is 4.74 Å². The van der Waals surface area contributed by atoms with Crippen molar-refractivity contribution >= 4 is 29.3 Å². The number of methoxy groups -OCH3 is 1. The van der Waals surface area contributed by atoms with Crippen LogP contribution in [0.4, 0.5) is 0 Å². The fourth-order valence-electron chi connectivity index (χ4n) is 3.18. The highest BCUT2D eigenvalue weighted by molar-refractivity contribution is 7.99. The smallest absolute Gasteiger partial charge is 0.233 e. The summed E-state index contributed by atoms with van der Waals surface area (Å²) in [5.41, 5.74) is 2.98. The molecule has 8 heteroatoms. The molecule has 0 atom stereocenters. The van der Waals surface area contributed by atoms with Gasteiger partial charge in [0.25, 0.3) is 0 Å². The quantitative estimate of drug-likeness (QED) is 0.480. The highest BCUT2D eigenvalue weighted by Crippen LogP contribution is 2.30. The second kappa shape index (κ2) is 9.10. The minimum Gasteiger partial charge on any atom is -0.497 e. The van der Waals surface area contributed by atoms with Crippen molar-refractivity contribution in [3.05, 3.63) is 64.9 Å². The number of hydrogen-bond acceptors (Lipinski definition) is 5. The van der Waals surface area contributed by atoms with Gasteiger partial charge in [-0.05, 0) is 55.2 Å². The molecule has 1 aliphatic carbocycles. The van der Waals surface area contributed by atoms with Gasteiger partial charge in [-0.25, -0.2) is 0 Å². The number of hydrogen-bond donors (Lipinski definition) is 0. The Hall–Kier alpha value is -2.51. The Labute approximate surface area is 185 Å². The molecule has 0 radical (unpaired) electrons. The van der Waals surface area contributed by atoms with E-state index < -0.39 is 0 Å². The van der Waals surface area contributed by atoms with Gasteiger partial charge in [-0.2, -0.15) is 0 Å². The van der Waals surface area contributed by atoms with Gasteiger partial charge in [0.15, 0.2) is 5.16 Å². The lowest BCUT2D eigenvalue weighted by atomic mass is 10.2. The van der Waals surface area contributed by atoms with Crippen LogP contribution in [0.25, 0.3) is 5.69 Å². The van der Waals surface area contributed by atoms with Crippen LogP contribution in [-0.2, 0) is 11.3 Å². The first kappa shape index (κ1) is 20.8.